The molecule has 0 saturated carbocycles. The molecule has 0 spiro atoms. The number of nitrogens with two attached hydrogens (primary N) is 1. The molecule has 2 aliphatic heterocycles. The minimum absolute atomic E-state index is 0.0312. The molecule has 2 aliphatic rings. The van der Waals surface area contributed by atoms with Gasteiger partial charge in [0.25, 0.3) is 0 Å². The van der Waals surface area contributed by atoms with Gasteiger partial charge in [0.05, 0.1) is 18.2 Å². The Hall–Kier alpha value is -6.06. The van der Waals surface area contributed by atoms with Gasteiger partial charge in [-0.25, -0.2) is 4.79 Å². The highest BCUT2D eigenvalue weighted by Gasteiger charge is 2.45. The number of nitrogens with zero attached hydrogens (tertiary/aromatic N) is 4. The highest BCUT2D eigenvalue weighted by atomic mass is 16.3. The molecular weight excluding hydrogens is 789 g/mol. The van der Waals surface area contributed by atoms with Gasteiger partial charge in [-0.3, -0.25) is 24.0 Å². The Balaban J connectivity index is 1.46. The lowest BCUT2D eigenvalue weighted by atomic mass is 9.95. The van der Waals surface area contributed by atoms with E-state index in [0.717, 1.165) is 22.0 Å². The molecule has 15 heteroatoms. The number of carbonyl (C=O) groups excluding carboxylic acids is 6. The molecule has 0 radical (unpaired) electrons. The SMILES string of the molecule is C[C@@H](O)[C@@H]1NC(=O)C(CCCCN)N(C)C(=O)[C@@H](Cc2cc3ccccc3[nH]2)N(C)C(=O)N[C@H](Cc2ccccc2)C(=O)[C@@H]2CCCN2C(=O)[C@H](Cc2ccccc2)N(C)C1=O. The number of unbranched alkanes of at least 4 members (excludes halogenated alkanes) is 1. The molecule has 6 amide bonds. The number of hydrogen-bond donors (Lipinski definition) is 5. The van der Waals surface area contributed by atoms with Crippen LogP contribution >= 0.6 is 0 Å². The summed E-state index contributed by atoms with van der Waals surface area (Å²) in [5.41, 5.74) is 8.87. The summed E-state index contributed by atoms with van der Waals surface area (Å²) in [6, 6.07) is 20.3. The predicted molar refractivity (Wildman–Crippen MR) is 236 cm³/mol. The molecule has 1 unspecified atom stereocenters. The van der Waals surface area contributed by atoms with Gasteiger partial charge < -0.3 is 46.1 Å². The summed E-state index contributed by atoms with van der Waals surface area (Å²) in [6.07, 6.45) is 0.842. The molecule has 4 aromatic rings. The first kappa shape index (κ1) is 45.5. The number of nitrogens with one attached hydrogen (secondary N) is 3. The van der Waals surface area contributed by atoms with E-state index in [1.165, 1.54) is 47.7 Å². The van der Waals surface area contributed by atoms with Crippen molar-refractivity contribution in [3.05, 3.63) is 108 Å². The van der Waals surface area contributed by atoms with Crippen LogP contribution in [0.5, 0.6) is 0 Å². The number of aromatic amines is 1. The van der Waals surface area contributed by atoms with Crippen molar-refractivity contribution in [2.75, 3.05) is 34.2 Å². The molecule has 330 valence electrons. The predicted octanol–water partition coefficient (Wildman–Crippen LogP) is 2.80. The van der Waals surface area contributed by atoms with E-state index in [4.69, 9.17) is 5.73 Å². The van der Waals surface area contributed by atoms with E-state index >= 15 is 0 Å². The number of likely N-dealkylation sites (N-methyl/N-ethyl adjacent to an activating group) is 3. The van der Waals surface area contributed by atoms with Crippen LogP contribution in [-0.4, -0.2) is 142 Å². The van der Waals surface area contributed by atoms with Crippen molar-refractivity contribution in [1.82, 2.24) is 35.2 Å². The van der Waals surface area contributed by atoms with Gasteiger partial charge in [0, 0.05) is 51.7 Å². The average Bonchev–Trinajstić information content (AvgIpc) is 3.94. The van der Waals surface area contributed by atoms with E-state index in [1.807, 2.05) is 91.0 Å². The third kappa shape index (κ3) is 10.5. The summed E-state index contributed by atoms with van der Waals surface area (Å²) in [7, 11) is 4.42. The number of amides is 6. The van der Waals surface area contributed by atoms with Gasteiger partial charge in [-0.05, 0) is 80.6 Å². The number of H-pyrrole nitrogens is 1. The highest BCUT2D eigenvalue weighted by molar-refractivity contribution is 5.99. The Bertz CT molecular complexity index is 2160. The summed E-state index contributed by atoms with van der Waals surface area (Å²) >= 11 is 0. The second-order valence-corrected chi connectivity index (χ2v) is 16.6. The summed E-state index contributed by atoms with van der Waals surface area (Å²) in [5, 5.41) is 17.7. The number of Topliss-reactive ketones (excluding diaryl/α,β-unsaturated/α-hetero) is 1. The number of hydrogen-bond acceptors (Lipinski definition) is 8. The number of fused-ring (bicyclic) bond motifs is 2. The first-order valence-electron chi connectivity index (χ1n) is 21.5. The van der Waals surface area contributed by atoms with Crippen molar-refractivity contribution in [1.29, 1.82) is 0 Å². The minimum atomic E-state index is -1.50. The van der Waals surface area contributed by atoms with Gasteiger partial charge in [-0.1, -0.05) is 78.9 Å². The second kappa shape index (κ2) is 20.7. The fraction of sp³-hybridized carbons (Fsp3) is 0.447. The lowest BCUT2D eigenvalue weighted by molar-refractivity contribution is -0.150. The fourth-order valence-corrected chi connectivity index (χ4v) is 8.67. The van der Waals surface area contributed by atoms with Crippen molar-refractivity contribution >= 4 is 46.3 Å². The second-order valence-electron chi connectivity index (χ2n) is 16.6. The number of urea groups is 1. The number of aliphatic hydroxyl groups is 1. The molecule has 62 heavy (non-hydrogen) atoms. The first-order valence-corrected chi connectivity index (χ1v) is 21.5. The van der Waals surface area contributed by atoms with Crippen LogP contribution in [0.1, 0.15) is 55.8 Å². The summed E-state index contributed by atoms with van der Waals surface area (Å²) in [4.78, 5) is 96.9. The normalized spacial score (nSPS) is 24.2. The quantitative estimate of drug-likeness (QED) is 0.142. The molecule has 15 nitrogen and oxygen atoms in total. The third-order valence-corrected chi connectivity index (χ3v) is 12.3. The maximum atomic E-state index is 14.9. The van der Waals surface area contributed by atoms with Crippen LogP contribution < -0.4 is 16.4 Å². The van der Waals surface area contributed by atoms with Gasteiger partial charge in [-0.2, -0.15) is 0 Å². The van der Waals surface area contributed by atoms with Crippen LogP contribution in [0.3, 0.4) is 0 Å². The van der Waals surface area contributed by atoms with E-state index in [1.54, 1.807) is 0 Å². The van der Waals surface area contributed by atoms with E-state index in [2.05, 4.69) is 15.6 Å². The average molecular weight is 849 g/mol. The van der Waals surface area contributed by atoms with Crippen molar-refractivity contribution in [3.8, 4) is 0 Å². The Labute approximate surface area is 363 Å². The molecule has 3 heterocycles. The van der Waals surface area contributed by atoms with Crippen molar-refractivity contribution < 1.29 is 33.9 Å². The van der Waals surface area contributed by atoms with Crippen molar-refractivity contribution in [3.63, 3.8) is 0 Å². The van der Waals surface area contributed by atoms with Crippen LogP contribution in [0.2, 0.25) is 0 Å². The minimum Gasteiger partial charge on any atom is -0.391 e. The maximum absolute atomic E-state index is 14.9. The number of para-hydroxylation sites is 1. The first-order chi connectivity index (χ1) is 29.8. The lowest BCUT2D eigenvalue weighted by Crippen LogP contribution is -2.63. The van der Waals surface area contributed by atoms with Crippen LogP contribution in [0.25, 0.3) is 10.9 Å². The summed E-state index contributed by atoms with van der Waals surface area (Å²) < 4.78 is 0. The van der Waals surface area contributed by atoms with Crippen LogP contribution in [0, 0.1) is 0 Å². The largest absolute Gasteiger partial charge is 0.391 e. The Morgan fingerprint density at radius 1 is 0.710 bits per heavy atom. The van der Waals surface area contributed by atoms with Gasteiger partial charge in [0.15, 0.2) is 5.78 Å². The molecule has 0 bridgehead atoms. The number of carbonyl (C=O) groups is 6. The Morgan fingerprint density at radius 2 is 1.32 bits per heavy atom. The highest BCUT2D eigenvalue weighted by Crippen LogP contribution is 2.26. The monoisotopic (exact) mass is 848 g/mol. The zero-order valence-electron chi connectivity index (χ0n) is 36.0. The number of aromatic nitrogens is 1. The van der Waals surface area contributed by atoms with E-state index in [-0.39, 0.29) is 38.0 Å². The molecule has 6 N–H and O–H groups in total. The zero-order chi connectivity index (χ0) is 44.5. The molecular formula is C47H60N8O7. The molecule has 2 fully saturated rings. The summed E-state index contributed by atoms with van der Waals surface area (Å²) in [5.74, 6) is -2.82. The number of benzene rings is 3. The van der Waals surface area contributed by atoms with Gasteiger partial charge in [-0.15, -0.1) is 0 Å². The zero-order valence-corrected chi connectivity index (χ0v) is 36.0. The molecule has 3 aromatic carbocycles. The molecule has 7 atom stereocenters. The summed E-state index contributed by atoms with van der Waals surface area (Å²) in [6.45, 7) is 1.96. The molecule has 6 rings (SSSR count). The third-order valence-electron chi connectivity index (χ3n) is 12.3. The number of rotatable bonds is 11. The van der Waals surface area contributed by atoms with Gasteiger partial charge in [0.1, 0.15) is 24.2 Å². The molecule has 0 aliphatic carbocycles. The standard InChI is InChI=1S/C47H60N8O7/c1-30(56)41-46(61)53(3)39(27-32-18-9-6-10-19-32)45(60)55-25-15-23-37(55)42(57)36(26-31-16-7-5-8-17-31)50-47(62)54(4)40(29-34-28-33-20-11-12-21-35(33)49-34)44(59)52(2)38(43(58)51-41)22-13-14-24-48/h5-12,16-21,28,30,36-41,49,56H,13-15,22-27,29,48H2,1-4H3,(H,50,62)(H,51,58)/t30-,36-,37+,38?,39+,40-,41+/m1/s1. The van der Waals surface area contributed by atoms with Crippen LogP contribution in [0.4, 0.5) is 4.79 Å². The smallest absolute Gasteiger partial charge is 0.318 e. The number of aliphatic hydroxyl groups excluding tert-OH is 1. The van der Waals surface area contributed by atoms with Gasteiger partial charge >= 0.3 is 6.03 Å². The topological polar surface area (TPSA) is 201 Å². The van der Waals surface area contributed by atoms with E-state index < -0.39 is 72.0 Å². The van der Waals surface area contributed by atoms with Crippen molar-refractivity contribution in [2.24, 2.45) is 5.73 Å². The van der Waals surface area contributed by atoms with E-state index in [0.29, 0.717) is 37.9 Å². The molecule has 2 saturated heterocycles. The van der Waals surface area contributed by atoms with Gasteiger partial charge in [0.2, 0.25) is 23.6 Å². The lowest BCUT2D eigenvalue weighted by Gasteiger charge is -2.38. The van der Waals surface area contributed by atoms with E-state index in [9.17, 15) is 33.9 Å². The molecule has 1 aromatic heterocycles. The van der Waals surface area contributed by atoms with Crippen molar-refractivity contribution in [2.45, 2.75) is 101 Å². The Morgan fingerprint density at radius 3 is 1.97 bits per heavy atom. The number of ketones is 1. The van der Waals surface area contributed by atoms with Crippen LogP contribution in [0.15, 0.2) is 91.0 Å². The fourth-order valence-electron chi connectivity index (χ4n) is 8.67. The maximum Gasteiger partial charge on any atom is 0.318 e. The Kier molecular flexibility index (Phi) is 15.2. The van der Waals surface area contributed by atoms with Crippen LogP contribution in [-0.2, 0) is 43.2 Å².